The fourth-order valence-electron chi connectivity index (χ4n) is 11.2. The van der Waals surface area contributed by atoms with Crippen LogP contribution in [0.15, 0.2) is 200 Å². The Kier molecular flexibility index (Phi) is 8.97. The van der Waals surface area contributed by atoms with Crippen LogP contribution in [0.2, 0.25) is 0 Å². The normalized spacial score (nSPS) is 16.1. The highest BCUT2D eigenvalue weighted by Gasteiger charge is 2.42. The lowest BCUT2D eigenvalue weighted by Gasteiger charge is -2.32. The summed E-state index contributed by atoms with van der Waals surface area (Å²) in [6, 6.07) is 75.3. The van der Waals surface area contributed by atoms with Gasteiger partial charge in [0.05, 0.1) is 11.4 Å². The van der Waals surface area contributed by atoms with Crippen LogP contribution >= 0.6 is 11.3 Å². The van der Waals surface area contributed by atoms with Crippen molar-refractivity contribution in [1.29, 1.82) is 0 Å². The first kappa shape index (κ1) is 37.1. The van der Waals surface area contributed by atoms with Crippen LogP contribution in [0, 0.1) is 0 Å². The summed E-state index contributed by atoms with van der Waals surface area (Å²) in [5.74, 6) is 0.583. The molecule has 1 aromatic heterocycles. The second-order valence-corrected chi connectivity index (χ2v) is 18.6. The zero-order chi connectivity index (χ0) is 41.2. The molecular weight excluding hydrogens is 767 g/mol. The van der Waals surface area contributed by atoms with E-state index in [1.807, 2.05) is 11.3 Å². The summed E-state index contributed by atoms with van der Waals surface area (Å²) in [5, 5.41) is 5.38. The lowest BCUT2D eigenvalue weighted by Crippen LogP contribution is -2.22. The molecule has 0 saturated heterocycles. The van der Waals surface area contributed by atoms with Gasteiger partial charge >= 0.3 is 0 Å². The molecule has 12 rings (SSSR count). The maximum Gasteiger partial charge on any atom is 0.0543 e. The van der Waals surface area contributed by atoms with Crippen LogP contribution in [0.25, 0.3) is 64.3 Å². The average molecular weight is 814 g/mol. The molecule has 298 valence electrons. The molecule has 1 saturated carbocycles. The maximum atomic E-state index is 2.56. The van der Waals surface area contributed by atoms with E-state index in [9.17, 15) is 0 Å². The fraction of sp³-hybridized carbons (Fsp3) is 0.133. The van der Waals surface area contributed by atoms with Crippen molar-refractivity contribution in [1.82, 2.24) is 0 Å². The molecule has 1 unspecified atom stereocenters. The van der Waals surface area contributed by atoms with Gasteiger partial charge in [-0.25, -0.2) is 0 Å². The smallest absolute Gasteiger partial charge is 0.0543 e. The first-order valence-electron chi connectivity index (χ1n) is 22.4. The maximum absolute atomic E-state index is 2.56. The molecule has 1 atom stereocenters. The number of anilines is 3. The van der Waals surface area contributed by atoms with Crippen molar-refractivity contribution in [2.75, 3.05) is 4.90 Å². The van der Waals surface area contributed by atoms with Crippen LogP contribution in [0.1, 0.15) is 67.2 Å². The molecule has 0 radical (unpaired) electrons. The third-order valence-electron chi connectivity index (χ3n) is 14.2. The van der Waals surface area contributed by atoms with Gasteiger partial charge < -0.3 is 4.90 Å². The first-order chi connectivity index (χ1) is 30.7. The number of hydrogen-bond donors (Lipinski definition) is 0. The van der Waals surface area contributed by atoms with E-state index in [1.165, 1.54) is 130 Å². The predicted octanol–water partition coefficient (Wildman–Crippen LogP) is 17.4. The SMILES string of the molecule is CC1(c2ccccc2)c2ccccc2-c2c(N(c3ccc(-c4cccc5c4sc4ccccc45)cc3)c3ccccc3-c3cccc4cccc(C5CCCCC5)c34)cccc21. The van der Waals surface area contributed by atoms with Gasteiger partial charge in [-0.3, -0.25) is 0 Å². The second-order valence-electron chi connectivity index (χ2n) is 17.5. The van der Waals surface area contributed by atoms with Crippen LogP contribution in [0.5, 0.6) is 0 Å². The van der Waals surface area contributed by atoms with Crippen LogP contribution in [-0.2, 0) is 5.41 Å². The molecule has 1 heterocycles. The lowest BCUT2D eigenvalue weighted by atomic mass is 9.74. The van der Waals surface area contributed by atoms with Gasteiger partial charge in [-0.05, 0) is 111 Å². The Morgan fingerprint density at radius 1 is 0.484 bits per heavy atom. The predicted molar refractivity (Wildman–Crippen MR) is 266 cm³/mol. The number of thiophene rings is 1. The van der Waals surface area contributed by atoms with E-state index in [0.29, 0.717) is 5.92 Å². The van der Waals surface area contributed by atoms with Gasteiger partial charge in [0.1, 0.15) is 0 Å². The summed E-state index contributed by atoms with van der Waals surface area (Å²) in [7, 11) is 0. The van der Waals surface area contributed by atoms with E-state index < -0.39 is 0 Å². The zero-order valence-electron chi connectivity index (χ0n) is 35.0. The van der Waals surface area contributed by atoms with Gasteiger partial charge in [0.15, 0.2) is 0 Å². The molecule has 1 nitrogen and oxygen atoms in total. The minimum atomic E-state index is -0.314. The van der Waals surface area contributed by atoms with Gasteiger partial charge in [0.25, 0.3) is 0 Å². The quantitative estimate of drug-likeness (QED) is 0.155. The molecule has 9 aromatic carbocycles. The summed E-state index contributed by atoms with van der Waals surface area (Å²) in [6.07, 6.45) is 6.49. The lowest BCUT2D eigenvalue weighted by molar-refractivity contribution is 0.445. The van der Waals surface area contributed by atoms with Crippen molar-refractivity contribution in [2.24, 2.45) is 0 Å². The number of hydrogen-bond acceptors (Lipinski definition) is 2. The van der Waals surface area contributed by atoms with Crippen LogP contribution in [0.3, 0.4) is 0 Å². The number of benzene rings is 9. The van der Waals surface area contributed by atoms with Crippen molar-refractivity contribution in [3.63, 3.8) is 0 Å². The molecule has 2 heteroatoms. The highest BCUT2D eigenvalue weighted by Crippen LogP contribution is 2.57. The van der Waals surface area contributed by atoms with Crippen LogP contribution in [-0.4, -0.2) is 0 Å². The monoisotopic (exact) mass is 813 g/mol. The van der Waals surface area contributed by atoms with E-state index >= 15 is 0 Å². The van der Waals surface area contributed by atoms with E-state index in [4.69, 9.17) is 0 Å². The third kappa shape index (κ3) is 5.81. The number of fused-ring (bicyclic) bond motifs is 7. The standard InChI is InChI=1S/C60H47NS/c1-60(43-22-6-3-7-23-43)52-31-11-8-26-51(52)58-53(60)32-17-34-55(58)61(44-38-36-41(37-39-44)46-28-16-30-50-48-25-10-13-35-56(48)62-59(46)50)54-33-12-9-24-47(54)49-29-15-21-42-20-14-27-45(57(42)49)40-18-4-2-5-19-40/h3,6-17,20-40H,2,4-5,18-19H2,1H3. The van der Waals surface area contributed by atoms with E-state index in [1.54, 1.807) is 0 Å². The highest BCUT2D eigenvalue weighted by atomic mass is 32.1. The van der Waals surface area contributed by atoms with Crippen LogP contribution in [0.4, 0.5) is 17.1 Å². The first-order valence-corrected chi connectivity index (χ1v) is 23.2. The Morgan fingerprint density at radius 2 is 1.11 bits per heavy atom. The molecule has 0 N–H and O–H groups in total. The molecule has 1 fully saturated rings. The summed E-state index contributed by atoms with van der Waals surface area (Å²) in [6.45, 7) is 2.42. The van der Waals surface area contributed by atoms with E-state index in [2.05, 4.69) is 212 Å². The molecule has 0 amide bonds. The second kappa shape index (κ2) is 15.0. The molecule has 2 aliphatic carbocycles. The summed E-state index contributed by atoms with van der Waals surface area (Å²) < 4.78 is 2.67. The molecule has 0 spiro atoms. The molecule has 0 aliphatic heterocycles. The Morgan fingerprint density at radius 3 is 1.97 bits per heavy atom. The number of para-hydroxylation sites is 1. The van der Waals surface area contributed by atoms with Crippen molar-refractivity contribution in [3.05, 3.63) is 222 Å². The van der Waals surface area contributed by atoms with Crippen molar-refractivity contribution in [2.45, 2.75) is 50.4 Å². The van der Waals surface area contributed by atoms with Crippen molar-refractivity contribution < 1.29 is 0 Å². The minimum Gasteiger partial charge on any atom is -0.309 e. The largest absolute Gasteiger partial charge is 0.309 e. The molecule has 62 heavy (non-hydrogen) atoms. The summed E-state index contributed by atoms with van der Waals surface area (Å²) in [5.41, 5.74) is 16.3. The minimum absolute atomic E-state index is 0.314. The van der Waals surface area contributed by atoms with Gasteiger partial charge in [-0.2, -0.15) is 0 Å². The Labute approximate surface area is 368 Å². The number of rotatable bonds is 7. The average Bonchev–Trinajstić information content (AvgIpc) is 3.86. The molecule has 0 bridgehead atoms. The topological polar surface area (TPSA) is 3.24 Å². The fourth-order valence-corrected chi connectivity index (χ4v) is 12.4. The van der Waals surface area contributed by atoms with Gasteiger partial charge in [-0.15, -0.1) is 11.3 Å². The summed E-state index contributed by atoms with van der Waals surface area (Å²) in [4.78, 5) is 2.56. The Hall–Kier alpha value is -6.74. The van der Waals surface area contributed by atoms with E-state index in [0.717, 1.165) is 5.69 Å². The van der Waals surface area contributed by atoms with Crippen molar-refractivity contribution in [3.8, 4) is 33.4 Å². The highest BCUT2D eigenvalue weighted by molar-refractivity contribution is 7.26. The van der Waals surface area contributed by atoms with Gasteiger partial charge in [0, 0.05) is 42.4 Å². The van der Waals surface area contributed by atoms with E-state index in [-0.39, 0.29) is 5.41 Å². The number of nitrogens with zero attached hydrogens (tertiary/aromatic N) is 1. The third-order valence-corrected chi connectivity index (χ3v) is 15.4. The van der Waals surface area contributed by atoms with Crippen molar-refractivity contribution >= 4 is 59.3 Å². The summed E-state index contributed by atoms with van der Waals surface area (Å²) >= 11 is 1.89. The molecular formula is C60H47NS. The van der Waals surface area contributed by atoms with Gasteiger partial charge in [0.2, 0.25) is 0 Å². The molecule has 10 aromatic rings. The van der Waals surface area contributed by atoms with Crippen LogP contribution < -0.4 is 4.90 Å². The molecule has 2 aliphatic rings. The zero-order valence-corrected chi connectivity index (χ0v) is 35.8. The Bertz CT molecular complexity index is 3290. The van der Waals surface area contributed by atoms with Gasteiger partial charge in [-0.1, -0.05) is 189 Å². The Balaban J connectivity index is 1.10.